The van der Waals surface area contributed by atoms with Gasteiger partial charge in [0.15, 0.2) is 5.96 Å². The number of halogens is 2. The monoisotopic (exact) mass is 385 g/mol. The number of rotatable bonds is 5. The molecule has 1 aliphatic rings. The molecule has 1 aliphatic carbocycles. The summed E-state index contributed by atoms with van der Waals surface area (Å²) in [5.41, 5.74) is 0.666. The molecule has 0 spiro atoms. The van der Waals surface area contributed by atoms with Crippen LogP contribution in [0.3, 0.4) is 0 Å². The van der Waals surface area contributed by atoms with Gasteiger partial charge in [-0.15, -0.1) is 0 Å². The molecule has 1 aromatic carbocycles. The molecule has 0 amide bonds. The fourth-order valence-corrected chi connectivity index (χ4v) is 3.17. The summed E-state index contributed by atoms with van der Waals surface area (Å²) < 4.78 is 14.6. The van der Waals surface area contributed by atoms with Gasteiger partial charge in [-0.3, -0.25) is 4.99 Å². The summed E-state index contributed by atoms with van der Waals surface area (Å²) in [5, 5.41) is 16.2. The summed E-state index contributed by atoms with van der Waals surface area (Å²) in [6.45, 7) is 3.33. The van der Waals surface area contributed by atoms with E-state index in [1.54, 1.807) is 12.1 Å². The Morgan fingerprint density at radius 3 is 2.78 bits per heavy atom. The molecule has 1 saturated carbocycles. The van der Waals surface area contributed by atoms with Gasteiger partial charge in [0.05, 0.1) is 6.10 Å². The van der Waals surface area contributed by atoms with Crippen molar-refractivity contribution < 1.29 is 9.50 Å². The number of benzene rings is 1. The van der Waals surface area contributed by atoms with Crippen LogP contribution in [0.25, 0.3) is 0 Å². The highest BCUT2D eigenvalue weighted by atomic mass is 79.9. The van der Waals surface area contributed by atoms with Crippen LogP contribution in [0.5, 0.6) is 0 Å². The van der Waals surface area contributed by atoms with Crippen molar-refractivity contribution in [2.75, 3.05) is 13.1 Å². The maximum Gasteiger partial charge on any atom is 0.191 e. The van der Waals surface area contributed by atoms with E-state index in [4.69, 9.17) is 0 Å². The third-order valence-corrected chi connectivity index (χ3v) is 4.53. The Hall–Kier alpha value is -1.14. The van der Waals surface area contributed by atoms with Gasteiger partial charge in [0.1, 0.15) is 5.82 Å². The molecule has 6 heteroatoms. The van der Waals surface area contributed by atoms with E-state index < -0.39 is 0 Å². The topological polar surface area (TPSA) is 56.7 Å². The molecule has 0 radical (unpaired) electrons. The molecule has 2 rings (SSSR count). The first-order chi connectivity index (χ1) is 11.1. The van der Waals surface area contributed by atoms with Crippen molar-refractivity contribution >= 4 is 21.9 Å². The minimum Gasteiger partial charge on any atom is -0.393 e. The van der Waals surface area contributed by atoms with Gasteiger partial charge in [-0.25, -0.2) is 4.39 Å². The molecule has 0 bridgehead atoms. The lowest BCUT2D eigenvalue weighted by Crippen LogP contribution is -2.45. The molecule has 0 saturated heterocycles. The largest absolute Gasteiger partial charge is 0.393 e. The maximum absolute atomic E-state index is 13.7. The third-order valence-electron chi connectivity index (χ3n) is 4.04. The smallest absolute Gasteiger partial charge is 0.191 e. The Bertz CT molecular complexity index is 531. The summed E-state index contributed by atoms with van der Waals surface area (Å²) in [6, 6.07) is 5.32. The van der Waals surface area contributed by atoms with E-state index in [-0.39, 0.29) is 11.9 Å². The van der Waals surface area contributed by atoms with Gasteiger partial charge >= 0.3 is 0 Å². The number of hydrogen-bond donors (Lipinski definition) is 3. The van der Waals surface area contributed by atoms with Crippen molar-refractivity contribution in [3.8, 4) is 0 Å². The number of guanidine groups is 1. The molecule has 0 unspecified atom stereocenters. The highest BCUT2D eigenvalue weighted by molar-refractivity contribution is 9.10. The standard InChI is InChI=1S/C17H25BrFN3O/c1-2-20-17(22-14-4-6-15(23)7-5-14)21-10-9-12-11-13(18)3-8-16(12)19/h3,8,11,14-15,23H,2,4-7,9-10H2,1H3,(H2,20,21,22). The second-order valence-electron chi connectivity index (χ2n) is 5.90. The SMILES string of the molecule is CCNC(=NCCc1cc(Br)ccc1F)NC1CCC(O)CC1. The Labute approximate surface area is 145 Å². The molecule has 128 valence electrons. The van der Waals surface area contributed by atoms with E-state index in [9.17, 15) is 9.50 Å². The van der Waals surface area contributed by atoms with Crippen LogP contribution in [-0.2, 0) is 6.42 Å². The van der Waals surface area contributed by atoms with Crippen LogP contribution in [0, 0.1) is 5.82 Å². The summed E-state index contributed by atoms with van der Waals surface area (Å²) in [4.78, 5) is 4.54. The van der Waals surface area contributed by atoms with Crippen LogP contribution in [0.1, 0.15) is 38.2 Å². The quantitative estimate of drug-likeness (QED) is 0.539. The van der Waals surface area contributed by atoms with Gasteiger partial charge in [0.2, 0.25) is 0 Å². The fourth-order valence-electron chi connectivity index (χ4n) is 2.76. The second kappa shape index (κ2) is 9.23. The van der Waals surface area contributed by atoms with Crippen molar-refractivity contribution in [1.29, 1.82) is 0 Å². The Balaban J connectivity index is 1.89. The molecule has 0 atom stereocenters. The van der Waals surface area contributed by atoms with Gasteiger partial charge in [-0.2, -0.15) is 0 Å². The van der Waals surface area contributed by atoms with Crippen molar-refractivity contribution in [1.82, 2.24) is 10.6 Å². The van der Waals surface area contributed by atoms with Crippen molar-refractivity contribution in [2.45, 2.75) is 51.2 Å². The van der Waals surface area contributed by atoms with Crippen LogP contribution in [0.4, 0.5) is 4.39 Å². The molecule has 1 fully saturated rings. The number of hydrogen-bond acceptors (Lipinski definition) is 2. The zero-order chi connectivity index (χ0) is 16.7. The number of aliphatic hydroxyl groups excluding tert-OH is 1. The van der Waals surface area contributed by atoms with Crippen LogP contribution in [0.2, 0.25) is 0 Å². The van der Waals surface area contributed by atoms with E-state index in [1.165, 1.54) is 6.07 Å². The van der Waals surface area contributed by atoms with Crippen molar-refractivity contribution in [2.24, 2.45) is 4.99 Å². The number of aliphatic hydroxyl groups is 1. The first kappa shape index (κ1) is 18.2. The molecular weight excluding hydrogens is 361 g/mol. The van der Waals surface area contributed by atoms with Gasteiger partial charge < -0.3 is 15.7 Å². The average molecular weight is 386 g/mol. The Morgan fingerprint density at radius 1 is 1.35 bits per heavy atom. The normalized spacial score (nSPS) is 22.0. The summed E-state index contributed by atoms with van der Waals surface area (Å²) >= 11 is 3.36. The lowest BCUT2D eigenvalue weighted by atomic mass is 9.93. The number of nitrogens with zero attached hydrogens (tertiary/aromatic N) is 1. The summed E-state index contributed by atoms with van der Waals surface area (Å²) in [6.07, 6.45) is 3.97. The van der Waals surface area contributed by atoms with Crippen molar-refractivity contribution in [3.05, 3.63) is 34.1 Å². The third kappa shape index (κ3) is 6.11. The molecule has 1 aromatic rings. The van der Waals surface area contributed by atoms with Gasteiger partial charge in [-0.1, -0.05) is 15.9 Å². The average Bonchev–Trinajstić information content (AvgIpc) is 2.53. The Kier molecular flexibility index (Phi) is 7.30. The van der Waals surface area contributed by atoms with E-state index in [1.807, 2.05) is 6.92 Å². The highest BCUT2D eigenvalue weighted by Crippen LogP contribution is 2.18. The van der Waals surface area contributed by atoms with Crippen LogP contribution in [-0.4, -0.2) is 36.3 Å². The van der Waals surface area contributed by atoms with Crippen LogP contribution < -0.4 is 10.6 Å². The lowest BCUT2D eigenvalue weighted by Gasteiger charge is -2.27. The first-order valence-corrected chi connectivity index (χ1v) is 9.04. The maximum atomic E-state index is 13.7. The predicted molar refractivity (Wildman–Crippen MR) is 95.2 cm³/mol. The van der Waals surface area contributed by atoms with Crippen molar-refractivity contribution in [3.63, 3.8) is 0 Å². The number of nitrogens with one attached hydrogen (secondary N) is 2. The molecule has 0 aromatic heterocycles. The van der Waals surface area contributed by atoms with Crippen LogP contribution >= 0.6 is 15.9 Å². The molecule has 23 heavy (non-hydrogen) atoms. The van der Waals surface area contributed by atoms with E-state index in [2.05, 4.69) is 31.6 Å². The molecule has 0 aliphatic heterocycles. The molecular formula is C17H25BrFN3O. The second-order valence-corrected chi connectivity index (χ2v) is 6.81. The minimum atomic E-state index is -0.192. The summed E-state index contributed by atoms with van der Waals surface area (Å²) in [5.74, 6) is 0.576. The van der Waals surface area contributed by atoms with Gasteiger partial charge in [-0.05, 0) is 62.8 Å². The molecule has 3 N–H and O–H groups in total. The van der Waals surface area contributed by atoms with Crippen LogP contribution in [0.15, 0.2) is 27.7 Å². The summed E-state index contributed by atoms with van der Waals surface area (Å²) in [7, 11) is 0. The van der Waals surface area contributed by atoms with E-state index in [0.717, 1.165) is 42.7 Å². The fraction of sp³-hybridized carbons (Fsp3) is 0.588. The van der Waals surface area contributed by atoms with Gasteiger partial charge in [0.25, 0.3) is 0 Å². The van der Waals surface area contributed by atoms with E-state index in [0.29, 0.717) is 24.6 Å². The molecule has 0 heterocycles. The highest BCUT2D eigenvalue weighted by Gasteiger charge is 2.19. The zero-order valence-corrected chi connectivity index (χ0v) is 15.1. The minimum absolute atomic E-state index is 0.160. The molecule has 4 nitrogen and oxygen atoms in total. The van der Waals surface area contributed by atoms with Gasteiger partial charge in [0, 0.05) is 23.6 Å². The lowest BCUT2D eigenvalue weighted by molar-refractivity contribution is 0.120. The predicted octanol–water partition coefficient (Wildman–Crippen LogP) is 2.99. The zero-order valence-electron chi connectivity index (χ0n) is 13.5. The number of aliphatic imine (C=N–C) groups is 1. The first-order valence-electron chi connectivity index (χ1n) is 8.25. The van der Waals surface area contributed by atoms with E-state index >= 15 is 0 Å². The Morgan fingerprint density at radius 2 is 2.09 bits per heavy atom.